The van der Waals surface area contributed by atoms with E-state index in [1.54, 1.807) is 6.08 Å². The number of aliphatic hydroxyl groups is 5. The Morgan fingerprint density at radius 3 is 1.35 bits per heavy atom. The Morgan fingerprint density at radius 2 is 0.884 bits per heavy atom. The number of unbranched alkanes of at least 4 members (excludes halogenated alkanes) is 31. The summed E-state index contributed by atoms with van der Waals surface area (Å²) in [6.07, 6.45) is 60.3. The first-order chi connectivity index (χ1) is 33.8. The Hall–Kier alpha value is -2.11. The van der Waals surface area contributed by atoms with Crippen molar-refractivity contribution in [3.8, 4) is 0 Å². The Bertz CT molecular complexity index is 1270. The zero-order valence-corrected chi connectivity index (χ0v) is 44.6. The first-order valence-corrected chi connectivity index (χ1v) is 29.0. The molecule has 0 saturated carbocycles. The van der Waals surface area contributed by atoms with Crippen LogP contribution in [0.15, 0.2) is 60.8 Å². The van der Waals surface area contributed by atoms with Gasteiger partial charge in [-0.15, -0.1) is 0 Å². The molecular formula is C60H109NO8. The fourth-order valence-electron chi connectivity index (χ4n) is 8.91. The van der Waals surface area contributed by atoms with E-state index in [1.807, 2.05) is 6.08 Å². The molecule has 7 atom stereocenters. The Kier molecular flexibility index (Phi) is 46.5. The summed E-state index contributed by atoms with van der Waals surface area (Å²) in [5.41, 5.74) is 0. The van der Waals surface area contributed by atoms with E-state index in [9.17, 15) is 30.3 Å². The second-order valence-corrected chi connectivity index (χ2v) is 20.1. The maximum Gasteiger partial charge on any atom is 0.220 e. The van der Waals surface area contributed by atoms with Gasteiger partial charge in [-0.1, -0.05) is 242 Å². The number of amides is 1. The number of hydrogen-bond donors (Lipinski definition) is 6. The van der Waals surface area contributed by atoms with E-state index in [-0.39, 0.29) is 12.5 Å². The molecule has 0 aromatic rings. The molecule has 1 amide bonds. The van der Waals surface area contributed by atoms with Gasteiger partial charge in [-0.25, -0.2) is 0 Å². The summed E-state index contributed by atoms with van der Waals surface area (Å²) in [7, 11) is 0. The molecule has 0 radical (unpaired) electrons. The lowest BCUT2D eigenvalue weighted by atomic mass is 9.99. The van der Waals surface area contributed by atoms with Gasteiger partial charge in [0.15, 0.2) is 6.29 Å². The van der Waals surface area contributed by atoms with Crippen molar-refractivity contribution >= 4 is 5.91 Å². The molecule has 1 fully saturated rings. The van der Waals surface area contributed by atoms with Gasteiger partial charge in [0.05, 0.1) is 25.4 Å². The average Bonchev–Trinajstić information content (AvgIpc) is 3.35. The van der Waals surface area contributed by atoms with Crippen LogP contribution in [0.3, 0.4) is 0 Å². The van der Waals surface area contributed by atoms with E-state index in [0.717, 1.165) is 77.0 Å². The number of ether oxygens (including phenoxy) is 2. The molecule has 402 valence electrons. The molecule has 9 heteroatoms. The van der Waals surface area contributed by atoms with Gasteiger partial charge in [0.25, 0.3) is 0 Å². The molecule has 1 rings (SSSR count). The predicted octanol–water partition coefficient (Wildman–Crippen LogP) is 14.3. The Morgan fingerprint density at radius 1 is 0.493 bits per heavy atom. The topological polar surface area (TPSA) is 149 Å². The van der Waals surface area contributed by atoms with Crippen LogP contribution in [0.1, 0.15) is 258 Å². The number of rotatable bonds is 49. The van der Waals surface area contributed by atoms with E-state index in [4.69, 9.17) is 9.47 Å². The fraction of sp³-hybridized carbons (Fsp3) is 0.817. The van der Waals surface area contributed by atoms with Crippen LogP contribution in [0.5, 0.6) is 0 Å². The molecule has 0 spiro atoms. The molecule has 0 aromatic carbocycles. The monoisotopic (exact) mass is 972 g/mol. The minimum atomic E-state index is -1.58. The van der Waals surface area contributed by atoms with Crippen molar-refractivity contribution in [1.82, 2.24) is 5.32 Å². The molecular weight excluding hydrogens is 863 g/mol. The maximum absolute atomic E-state index is 13.0. The summed E-state index contributed by atoms with van der Waals surface area (Å²) in [6, 6.07) is -0.838. The quantitative estimate of drug-likeness (QED) is 0.0261. The molecule has 1 aliphatic rings. The van der Waals surface area contributed by atoms with Crippen LogP contribution in [0.4, 0.5) is 0 Å². The first kappa shape index (κ1) is 64.9. The largest absolute Gasteiger partial charge is 0.394 e. The standard InChI is InChI=1S/C60H109NO8/c1-3-5-7-9-11-13-15-17-19-20-21-22-23-24-25-26-27-28-29-30-31-32-33-34-35-36-37-39-41-43-45-47-49-54(63)53(52-68-60-59(67)58(66)57(65)55(51-62)69-60)61-56(64)50-48-46-44-42-40-38-18-16-14-12-10-8-6-4-2/h10,12,16,18,34-35,39,41,47,49,53-55,57-60,62-63,65-67H,3-9,11,13-15,17,19-33,36-38,40,42-46,48,50-52H2,1-2H3,(H,61,64)/b12-10-,18-16-,35-34+,41-39+,49-47+. The summed E-state index contributed by atoms with van der Waals surface area (Å²) < 4.78 is 11.2. The third-order valence-electron chi connectivity index (χ3n) is 13.5. The molecule has 1 aliphatic heterocycles. The predicted molar refractivity (Wildman–Crippen MR) is 290 cm³/mol. The highest BCUT2D eigenvalue weighted by molar-refractivity contribution is 5.76. The number of hydrogen-bond acceptors (Lipinski definition) is 8. The number of carbonyl (C=O) groups is 1. The highest BCUT2D eigenvalue weighted by Crippen LogP contribution is 2.23. The molecule has 0 aliphatic carbocycles. The number of nitrogens with one attached hydrogen (secondary N) is 1. The van der Waals surface area contributed by atoms with Crippen molar-refractivity contribution < 1.29 is 39.8 Å². The summed E-state index contributed by atoms with van der Waals surface area (Å²) >= 11 is 0. The zero-order valence-electron chi connectivity index (χ0n) is 44.6. The van der Waals surface area contributed by atoms with E-state index < -0.39 is 49.5 Å². The van der Waals surface area contributed by atoms with Gasteiger partial charge in [-0.3, -0.25) is 4.79 Å². The van der Waals surface area contributed by atoms with Gasteiger partial charge in [0.1, 0.15) is 24.4 Å². The van der Waals surface area contributed by atoms with Gasteiger partial charge >= 0.3 is 0 Å². The van der Waals surface area contributed by atoms with Crippen molar-refractivity contribution in [2.24, 2.45) is 0 Å². The van der Waals surface area contributed by atoms with E-state index >= 15 is 0 Å². The van der Waals surface area contributed by atoms with Crippen molar-refractivity contribution in [3.63, 3.8) is 0 Å². The third-order valence-corrected chi connectivity index (χ3v) is 13.5. The highest BCUT2D eigenvalue weighted by atomic mass is 16.7. The van der Waals surface area contributed by atoms with Gasteiger partial charge in [-0.05, 0) is 70.6 Å². The fourth-order valence-corrected chi connectivity index (χ4v) is 8.91. The highest BCUT2D eigenvalue weighted by Gasteiger charge is 2.44. The Labute approximate surface area is 424 Å². The summed E-state index contributed by atoms with van der Waals surface area (Å²) in [5, 5.41) is 54.4. The lowest BCUT2D eigenvalue weighted by Crippen LogP contribution is -2.60. The van der Waals surface area contributed by atoms with Crippen molar-refractivity contribution in [2.45, 2.75) is 301 Å². The molecule has 9 nitrogen and oxygen atoms in total. The van der Waals surface area contributed by atoms with Crippen LogP contribution in [-0.4, -0.2) is 87.5 Å². The first-order valence-electron chi connectivity index (χ1n) is 29.0. The smallest absolute Gasteiger partial charge is 0.220 e. The second kappa shape index (κ2) is 49.5. The normalized spacial score (nSPS) is 19.9. The second-order valence-electron chi connectivity index (χ2n) is 20.1. The Balaban J connectivity index is 2.21. The molecule has 7 unspecified atom stereocenters. The minimum absolute atomic E-state index is 0.206. The molecule has 0 aromatic heterocycles. The van der Waals surface area contributed by atoms with Crippen LogP contribution in [0.25, 0.3) is 0 Å². The molecule has 1 heterocycles. The average molecular weight is 973 g/mol. The van der Waals surface area contributed by atoms with Gasteiger partial charge < -0.3 is 40.3 Å². The van der Waals surface area contributed by atoms with E-state index in [0.29, 0.717) is 6.42 Å². The summed E-state index contributed by atoms with van der Waals surface area (Å²) in [4.78, 5) is 13.0. The lowest BCUT2D eigenvalue weighted by Gasteiger charge is -2.40. The lowest BCUT2D eigenvalue weighted by molar-refractivity contribution is -0.302. The van der Waals surface area contributed by atoms with Crippen molar-refractivity contribution in [2.75, 3.05) is 13.2 Å². The molecule has 69 heavy (non-hydrogen) atoms. The third kappa shape index (κ3) is 39.1. The molecule has 6 N–H and O–H groups in total. The maximum atomic E-state index is 13.0. The van der Waals surface area contributed by atoms with Gasteiger partial charge in [0.2, 0.25) is 5.91 Å². The van der Waals surface area contributed by atoms with Gasteiger partial charge in [0, 0.05) is 6.42 Å². The zero-order chi connectivity index (χ0) is 50.1. The van der Waals surface area contributed by atoms with Crippen LogP contribution in [-0.2, 0) is 14.3 Å². The summed E-state index contributed by atoms with van der Waals surface area (Å²) in [5.74, 6) is -0.206. The van der Waals surface area contributed by atoms with E-state index in [2.05, 4.69) is 67.8 Å². The van der Waals surface area contributed by atoms with Crippen molar-refractivity contribution in [1.29, 1.82) is 0 Å². The summed E-state index contributed by atoms with van der Waals surface area (Å²) in [6.45, 7) is 3.72. The van der Waals surface area contributed by atoms with Crippen LogP contribution in [0, 0.1) is 0 Å². The number of aliphatic hydroxyl groups excluding tert-OH is 5. The minimum Gasteiger partial charge on any atom is -0.394 e. The van der Waals surface area contributed by atoms with Crippen LogP contribution < -0.4 is 5.32 Å². The van der Waals surface area contributed by atoms with Gasteiger partial charge in [-0.2, -0.15) is 0 Å². The van der Waals surface area contributed by atoms with Crippen LogP contribution >= 0.6 is 0 Å². The van der Waals surface area contributed by atoms with Crippen LogP contribution in [0.2, 0.25) is 0 Å². The van der Waals surface area contributed by atoms with E-state index in [1.165, 1.54) is 161 Å². The van der Waals surface area contributed by atoms with Crippen molar-refractivity contribution in [3.05, 3.63) is 60.8 Å². The number of allylic oxidation sites excluding steroid dienone is 9. The number of carbonyl (C=O) groups excluding carboxylic acids is 1. The SMILES string of the molecule is CCCC/C=C\C/C=C\CCCCCCCC(=O)NC(COC1OC(CO)C(O)C(O)C1O)C(O)/C=C/CC/C=C/CC/C=C/CCCCCCCCCCCCCCCCCCCCCCCC. The molecule has 1 saturated heterocycles. The molecule has 0 bridgehead atoms.